The van der Waals surface area contributed by atoms with E-state index in [1.807, 2.05) is 22.5 Å². The van der Waals surface area contributed by atoms with Gasteiger partial charge in [-0.2, -0.15) is 0 Å². The lowest BCUT2D eigenvalue weighted by molar-refractivity contribution is -0.129. The Labute approximate surface area is 207 Å². The first kappa shape index (κ1) is 24.3. The summed E-state index contributed by atoms with van der Waals surface area (Å²) in [6.07, 6.45) is 7.68. The van der Waals surface area contributed by atoms with Crippen LogP contribution in [0.3, 0.4) is 0 Å². The Kier molecular flexibility index (Phi) is 7.52. The molecule has 1 amide bonds. The minimum Gasteiger partial charge on any atom is -0.464 e. The SMILES string of the molecule is CCc1c(CCN2CCC(c3coc4ccc(C)cc34)CC2)sc2c1CCN(C(C)=O)C2.Cl. The lowest BCUT2D eigenvalue weighted by atomic mass is 9.89. The molecule has 2 aliphatic rings. The van der Waals surface area contributed by atoms with Gasteiger partial charge in [-0.3, -0.25) is 4.79 Å². The van der Waals surface area contributed by atoms with Crippen molar-refractivity contribution >= 4 is 40.6 Å². The zero-order valence-electron chi connectivity index (χ0n) is 20.0. The molecule has 0 N–H and O–H groups in total. The predicted molar refractivity (Wildman–Crippen MR) is 139 cm³/mol. The first-order valence-electron chi connectivity index (χ1n) is 12.1. The molecule has 178 valence electrons. The van der Waals surface area contributed by atoms with E-state index in [-0.39, 0.29) is 18.3 Å². The highest BCUT2D eigenvalue weighted by atomic mass is 35.5. The highest BCUT2D eigenvalue weighted by Gasteiger charge is 2.26. The van der Waals surface area contributed by atoms with E-state index in [0.717, 1.165) is 57.6 Å². The Balaban J connectivity index is 0.00000259. The number of rotatable bonds is 5. The molecule has 1 aromatic carbocycles. The van der Waals surface area contributed by atoms with E-state index in [4.69, 9.17) is 4.42 Å². The maximum Gasteiger partial charge on any atom is 0.219 e. The topological polar surface area (TPSA) is 36.7 Å². The molecule has 2 aromatic heterocycles. The zero-order valence-corrected chi connectivity index (χ0v) is 21.6. The van der Waals surface area contributed by atoms with Crippen LogP contribution in [-0.2, 0) is 30.6 Å². The molecule has 0 radical (unpaired) electrons. The maximum atomic E-state index is 11.8. The van der Waals surface area contributed by atoms with E-state index < -0.39 is 0 Å². The number of hydrogen-bond donors (Lipinski definition) is 0. The number of halogens is 1. The fraction of sp³-hybridized carbons (Fsp3) is 0.519. The summed E-state index contributed by atoms with van der Waals surface area (Å²) in [4.78, 5) is 19.4. The number of fused-ring (bicyclic) bond motifs is 2. The van der Waals surface area contributed by atoms with Gasteiger partial charge in [-0.25, -0.2) is 0 Å². The van der Waals surface area contributed by atoms with E-state index in [9.17, 15) is 4.79 Å². The van der Waals surface area contributed by atoms with Crippen molar-refractivity contribution < 1.29 is 9.21 Å². The van der Waals surface area contributed by atoms with Gasteiger partial charge in [0, 0.05) is 40.7 Å². The van der Waals surface area contributed by atoms with E-state index in [1.165, 1.54) is 34.2 Å². The number of furan rings is 1. The lowest BCUT2D eigenvalue weighted by Gasteiger charge is -2.31. The Morgan fingerprint density at radius 3 is 2.73 bits per heavy atom. The summed E-state index contributed by atoms with van der Waals surface area (Å²) < 4.78 is 5.84. The Bertz CT molecular complexity index is 1130. The van der Waals surface area contributed by atoms with Crippen molar-refractivity contribution in [2.75, 3.05) is 26.2 Å². The molecular weight excluding hydrogens is 452 g/mol. The van der Waals surface area contributed by atoms with Crippen molar-refractivity contribution in [3.63, 3.8) is 0 Å². The van der Waals surface area contributed by atoms with Crippen LogP contribution >= 0.6 is 23.7 Å². The van der Waals surface area contributed by atoms with Gasteiger partial charge in [0.2, 0.25) is 5.91 Å². The Morgan fingerprint density at radius 2 is 2.00 bits per heavy atom. The number of likely N-dealkylation sites (tertiary alicyclic amines) is 1. The van der Waals surface area contributed by atoms with Gasteiger partial charge in [0.15, 0.2) is 0 Å². The number of carbonyl (C=O) groups is 1. The minimum absolute atomic E-state index is 0. The number of hydrogen-bond acceptors (Lipinski definition) is 4. The second-order valence-corrected chi connectivity index (χ2v) is 10.7. The molecule has 0 aliphatic carbocycles. The molecule has 2 aliphatic heterocycles. The zero-order chi connectivity index (χ0) is 22.2. The van der Waals surface area contributed by atoms with Crippen molar-refractivity contribution in [1.29, 1.82) is 0 Å². The number of nitrogens with zero attached hydrogens (tertiary/aromatic N) is 2. The molecule has 33 heavy (non-hydrogen) atoms. The summed E-state index contributed by atoms with van der Waals surface area (Å²) in [6, 6.07) is 6.51. The second kappa shape index (κ2) is 10.2. The van der Waals surface area contributed by atoms with Gasteiger partial charge >= 0.3 is 0 Å². The fourth-order valence-electron chi connectivity index (χ4n) is 5.61. The number of amides is 1. The van der Waals surface area contributed by atoms with Gasteiger partial charge in [0.25, 0.3) is 0 Å². The van der Waals surface area contributed by atoms with Gasteiger partial charge in [-0.15, -0.1) is 23.7 Å². The summed E-state index contributed by atoms with van der Waals surface area (Å²) in [5.41, 5.74) is 6.84. The standard InChI is InChI=1S/C27H34N2O2S.ClH/c1-4-21-22-9-14-29(19(3)30)16-27(22)32-26(21)10-13-28-11-7-20(8-12-28)24-17-31-25-6-5-18(2)15-23(24)25;/h5-6,15,17,20H,4,7-14,16H2,1-3H3;1H. The highest BCUT2D eigenvalue weighted by molar-refractivity contribution is 7.12. The van der Waals surface area contributed by atoms with Crippen LogP contribution in [0, 0.1) is 6.92 Å². The largest absolute Gasteiger partial charge is 0.464 e. The third-order valence-electron chi connectivity index (χ3n) is 7.49. The summed E-state index contributed by atoms with van der Waals surface area (Å²) in [5.74, 6) is 0.805. The van der Waals surface area contributed by atoms with Crippen LogP contribution in [0.2, 0.25) is 0 Å². The maximum absolute atomic E-state index is 11.8. The summed E-state index contributed by atoms with van der Waals surface area (Å²) in [5, 5.41) is 1.31. The average molecular weight is 487 g/mol. The molecule has 0 spiro atoms. The van der Waals surface area contributed by atoms with Crippen LogP contribution in [0.25, 0.3) is 11.0 Å². The summed E-state index contributed by atoms with van der Waals surface area (Å²) in [6.45, 7) is 11.3. The first-order valence-corrected chi connectivity index (χ1v) is 12.9. The smallest absolute Gasteiger partial charge is 0.219 e. The Hall–Kier alpha value is -1.82. The van der Waals surface area contributed by atoms with Crippen LogP contribution in [0.15, 0.2) is 28.9 Å². The van der Waals surface area contributed by atoms with Gasteiger partial charge in [0.05, 0.1) is 12.8 Å². The number of benzene rings is 1. The molecule has 6 heteroatoms. The molecule has 5 rings (SSSR count). The molecule has 4 heterocycles. The number of carbonyl (C=O) groups excluding carboxylic acids is 1. The van der Waals surface area contributed by atoms with E-state index in [0.29, 0.717) is 5.92 Å². The third-order valence-corrected chi connectivity index (χ3v) is 8.81. The van der Waals surface area contributed by atoms with Gasteiger partial charge in [0.1, 0.15) is 5.58 Å². The fourth-order valence-corrected chi connectivity index (χ4v) is 7.06. The van der Waals surface area contributed by atoms with E-state index >= 15 is 0 Å². The van der Waals surface area contributed by atoms with Crippen molar-refractivity contribution in [2.45, 2.75) is 65.3 Å². The van der Waals surface area contributed by atoms with Crippen LogP contribution in [0.4, 0.5) is 0 Å². The molecule has 1 saturated heterocycles. The van der Waals surface area contributed by atoms with Gasteiger partial charge < -0.3 is 14.2 Å². The van der Waals surface area contributed by atoms with Gasteiger partial charge in [-0.05, 0) is 81.3 Å². The monoisotopic (exact) mass is 486 g/mol. The summed E-state index contributed by atoms with van der Waals surface area (Å²) in [7, 11) is 0. The van der Waals surface area contributed by atoms with E-state index in [1.54, 1.807) is 22.9 Å². The van der Waals surface area contributed by atoms with Crippen molar-refractivity contribution in [3.8, 4) is 0 Å². The van der Waals surface area contributed by atoms with Gasteiger partial charge in [-0.1, -0.05) is 18.6 Å². The normalized spacial score (nSPS) is 17.2. The van der Waals surface area contributed by atoms with Crippen LogP contribution in [0.1, 0.15) is 64.6 Å². The van der Waals surface area contributed by atoms with Crippen molar-refractivity contribution in [1.82, 2.24) is 9.80 Å². The van der Waals surface area contributed by atoms with Crippen LogP contribution in [-0.4, -0.2) is 41.9 Å². The second-order valence-electron chi connectivity index (χ2n) is 9.51. The molecule has 4 nitrogen and oxygen atoms in total. The molecule has 0 unspecified atom stereocenters. The number of piperidine rings is 1. The van der Waals surface area contributed by atoms with Crippen LogP contribution < -0.4 is 0 Å². The third kappa shape index (κ3) is 4.87. The number of aryl methyl sites for hydroxylation is 1. The molecule has 0 saturated carbocycles. The molecule has 3 aromatic rings. The molecular formula is C27H35ClN2O2S. The lowest BCUT2D eigenvalue weighted by Crippen LogP contribution is -2.34. The van der Waals surface area contributed by atoms with Crippen molar-refractivity contribution in [3.05, 3.63) is 56.5 Å². The predicted octanol–water partition coefficient (Wildman–Crippen LogP) is 6.11. The average Bonchev–Trinajstić information content (AvgIpc) is 3.37. The highest BCUT2D eigenvalue weighted by Crippen LogP contribution is 2.36. The van der Waals surface area contributed by atoms with E-state index in [2.05, 4.69) is 36.9 Å². The first-order chi connectivity index (χ1) is 15.5. The van der Waals surface area contributed by atoms with Crippen molar-refractivity contribution in [2.24, 2.45) is 0 Å². The molecule has 0 bridgehead atoms. The minimum atomic E-state index is 0. The molecule has 1 fully saturated rings. The quantitative estimate of drug-likeness (QED) is 0.436. The molecule has 0 atom stereocenters. The summed E-state index contributed by atoms with van der Waals surface area (Å²) >= 11 is 1.96. The number of thiophene rings is 1. The van der Waals surface area contributed by atoms with Crippen LogP contribution in [0.5, 0.6) is 0 Å². The Morgan fingerprint density at radius 1 is 1.21 bits per heavy atom.